The minimum absolute atomic E-state index is 0.179. The molecule has 0 spiro atoms. The van der Waals surface area contributed by atoms with Crippen LogP contribution in [0, 0.1) is 5.92 Å². The van der Waals surface area contributed by atoms with Gasteiger partial charge >= 0.3 is 5.97 Å². The van der Waals surface area contributed by atoms with Crippen LogP contribution in [0.2, 0.25) is 0 Å². The minimum Gasteiger partial charge on any atom is -0.454 e. The maximum absolute atomic E-state index is 12.3. The van der Waals surface area contributed by atoms with E-state index < -0.39 is 12.0 Å². The number of rotatable bonds is 9. The van der Waals surface area contributed by atoms with Crippen LogP contribution < -0.4 is 10.6 Å². The van der Waals surface area contributed by atoms with Crippen molar-refractivity contribution in [1.82, 2.24) is 10.6 Å². The Labute approximate surface area is 165 Å². The molecular formula is C22H26N2O4. The molecule has 6 nitrogen and oxygen atoms in total. The van der Waals surface area contributed by atoms with Gasteiger partial charge in [0, 0.05) is 12.1 Å². The molecule has 2 rings (SSSR count). The van der Waals surface area contributed by atoms with Crippen molar-refractivity contribution in [2.75, 3.05) is 13.2 Å². The molecule has 0 saturated carbocycles. The summed E-state index contributed by atoms with van der Waals surface area (Å²) in [5, 5.41) is 5.39. The number of amides is 2. The van der Waals surface area contributed by atoms with Crippen LogP contribution in [0.25, 0.3) is 0 Å². The first-order chi connectivity index (χ1) is 13.5. The van der Waals surface area contributed by atoms with Gasteiger partial charge in [-0.05, 0) is 30.0 Å². The van der Waals surface area contributed by atoms with Gasteiger partial charge in [0.15, 0.2) is 6.61 Å². The van der Waals surface area contributed by atoms with Crippen LogP contribution in [0.1, 0.15) is 29.8 Å². The number of ether oxygens (including phenoxy) is 1. The fraction of sp³-hybridized carbons (Fsp3) is 0.318. The molecule has 2 amide bonds. The van der Waals surface area contributed by atoms with Crippen LogP contribution in [0.3, 0.4) is 0 Å². The van der Waals surface area contributed by atoms with E-state index in [2.05, 4.69) is 10.6 Å². The van der Waals surface area contributed by atoms with E-state index in [9.17, 15) is 14.4 Å². The maximum atomic E-state index is 12.3. The number of hydrogen-bond acceptors (Lipinski definition) is 4. The van der Waals surface area contributed by atoms with Crippen molar-refractivity contribution >= 4 is 17.8 Å². The Balaban J connectivity index is 1.78. The van der Waals surface area contributed by atoms with Gasteiger partial charge in [-0.15, -0.1) is 0 Å². The zero-order valence-corrected chi connectivity index (χ0v) is 16.2. The lowest BCUT2D eigenvalue weighted by Crippen LogP contribution is -2.46. The van der Waals surface area contributed by atoms with Crippen molar-refractivity contribution in [2.45, 2.75) is 26.3 Å². The molecule has 6 heteroatoms. The molecule has 1 atom stereocenters. The topological polar surface area (TPSA) is 84.5 Å². The van der Waals surface area contributed by atoms with E-state index >= 15 is 0 Å². The molecule has 1 unspecified atom stereocenters. The molecule has 0 saturated heterocycles. The zero-order valence-electron chi connectivity index (χ0n) is 16.2. The maximum Gasteiger partial charge on any atom is 0.329 e. The first-order valence-electron chi connectivity index (χ1n) is 9.30. The molecule has 0 aliphatic carbocycles. The third-order valence-electron chi connectivity index (χ3n) is 4.17. The van der Waals surface area contributed by atoms with Crippen LogP contribution in [-0.2, 0) is 20.7 Å². The summed E-state index contributed by atoms with van der Waals surface area (Å²) < 4.78 is 5.10. The van der Waals surface area contributed by atoms with Gasteiger partial charge < -0.3 is 15.4 Å². The molecule has 0 heterocycles. The van der Waals surface area contributed by atoms with Crippen molar-refractivity contribution in [3.8, 4) is 0 Å². The van der Waals surface area contributed by atoms with Crippen LogP contribution in [0.15, 0.2) is 60.7 Å². The molecule has 2 aromatic rings. The first-order valence-corrected chi connectivity index (χ1v) is 9.30. The van der Waals surface area contributed by atoms with Gasteiger partial charge in [-0.2, -0.15) is 0 Å². The largest absolute Gasteiger partial charge is 0.454 e. The van der Waals surface area contributed by atoms with Gasteiger partial charge in [0.25, 0.3) is 11.8 Å². The van der Waals surface area contributed by atoms with Crippen LogP contribution in [0.5, 0.6) is 0 Å². The summed E-state index contributed by atoms with van der Waals surface area (Å²) in [7, 11) is 0. The molecule has 28 heavy (non-hydrogen) atoms. The fourth-order valence-corrected chi connectivity index (χ4v) is 2.58. The zero-order chi connectivity index (χ0) is 20.4. The van der Waals surface area contributed by atoms with Crippen molar-refractivity contribution in [3.05, 3.63) is 71.8 Å². The second-order valence-corrected chi connectivity index (χ2v) is 6.75. The number of esters is 1. The summed E-state index contributed by atoms with van der Waals surface area (Å²) in [5.41, 5.74) is 1.57. The second kappa shape index (κ2) is 10.9. The van der Waals surface area contributed by atoms with Crippen molar-refractivity contribution in [1.29, 1.82) is 0 Å². The van der Waals surface area contributed by atoms with Gasteiger partial charge in [-0.3, -0.25) is 9.59 Å². The molecular weight excluding hydrogens is 356 g/mol. The van der Waals surface area contributed by atoms with E-state index in [1.807, 2.05) is 30.3 Å². The molecule has 0 radical (unpaired) electrons. The van der Waals surface area contributed by atoms with Crippen molar-refractivity contribution in [2.24, 2.45) is 5.92 Å². The Hall–Kier alpha value is -3.15. The van der Waals surface area contributed by atoms with Crippen LogP contribution in [0.4, 0.5) is 0 Å². The highest BCUT2D eigenvalue weighted by Gasteiger charge is 2.26. The average molecular weight is 382 g/mol. The fourth-order valence-electron chi connectivity index (χ4n) is 2.58. The number of hydrogen-bond donors (Lipinski definition) is 2. The van der Waals surface area contributed by atoms with E-state index in [-0.39, 0.29) is 24.3 Å². The Morgan fingerprint density at radius 3 is 2.14 bits per heavy atom. The Bertz CT molecular complexity index is 776. The number of carbonyl (C=O) groups excluding carboxylic acids is 3. The van der Waals surface area contributed by atoms with Crippen molar-refractivity contribution in [3.63, 3.8) is 0 Å². The normalized spacial score (nSPS) is 11.5. The summed E-state index contributed by atoms with van der Waals surface area (Å²) in [4.78, 5) is 36.5. The lowest BCUT2D eigenvalue weighted by Gasteiger charge is -2.20. The number of nitrogens with one attached hydrogen (secondary N) is 2. The second-order valence-electron chi connectivity index (χ2n) is 6.75. The quantitative estimate of drug-likeness (QED) is 0.652. The molecule has 2 aromatic carbocycles. The van der Waals surface area contributed by atoms with E-state index in [0.29, 0.717) is 18.5 Å². The predicted molar refractivity (Wildman–Crippen MR) is 107 cm³/mol. The molecule has 0 aromatic heterocycles. The van der Waals surface area contributed by atoms with Gasteiger partial charge in [0.05, 0.1) is 0 Å². The predicted octanol–water partition coefficient (Wildman–Crippen LogP) is 2.34. The molecule has 0 aliphatic rings. The Kier molecular flexibility index (Phi) is 8.21. The highest BCUT2D eigenvalue weighted by molar-refractivity contribution is 5.97. The van der Waals surface area contributed by atoms with Gasteiger partial charge in [-0.25, -0.2) is 4.79 Å². The number of benzene rings is 2. The van der Waals surface area contributed by atoms with Crippen molar-refractivity contribution < 1.29 is 19.1 Å². The monoisotopic (exact) mass is 382 g/mol. The summed E-state index contributed by atoms with van der Waals surface area (Å²) >= 11 is 0. The Morgan fingerprint density at radius 1 is 0.929 bits per heavy atom. The SMILES string of the molecule is CC(C)C(NC(=O)c1ccccc1)C(=O)OCC(=O)NCCc1ccccc1. The Morgan fingerprint density at radius 2 is 1.54 bits per heavy atom. The van der Waals surface area contributed by atoms with Gasteiger partial charge in [0.1, 0.15) is 6.04 Å². The first kappa shape index (κ1) is 21.2. The molecule has 0 aliphatic heterocycles. The van der Waals surface area contributed by atoms with E-state index in [0.717, 1.165) is 5.56 Å². The highest BCUT2D eigenvalue weighted by atomic mass is 16.5. The number of carbonyl (C=O) groups is 3. The van der Waals surface area contributed by atoms with Gasteiger partial charge in [0.2, 0.25) is 0 Å². The molecule has 0 fully saturated rings. The van der Waals surface area contributed by atoms with Crippen LogP contribution >= 0.6 is 0 Å². The lowest BCUT2D eigenvalue weighted by atomic mass is 10.0. The third kappa shape index (κ3) is 6.87. The lowest BCUT2D eigenvalue weighted by molar-refractivity contribution is -0.151. The third-order valence-corrected chi connectivity index (χ3v) is 4.17. The molecule has 0 bridgehead atoms. The summed E-state index contributed by atoms with van der Waals surface area (Å²) in [6.07, 6.45) is 0.697. The minimum atomic E-state index is -0.829. The highest BCUT2D eigenvalue weighted by Crippen LogP contribution is 2.07. The molecule has 2 N–H and O–H groups in total. The van der Waals surface area contributed by atoms with E-state index in [1.54, 1.807) is 44.2 Å². The smallest absolute Gasteiger partial charge is 0.329 e. The summed E-state index contributed by atoms with van der Waals surface area (Å²) in [6.45, 7) is 3.69. The standard InChI is InChI=1S/C22H26N2O4/c1-16(2)20(24-21(26)18-11-7-4-8-12-18)22(27)28-15-19(25)23-14-13-17-9-5-3-6-10-17/h3-12,16,20H,13-15H2,1-2H3,(H,23,25)(H,24,26). The summed E-state index contributed by atoms with van der Waals surface area (Å²) in [5.74, 6) is -1.54. The van der Waals surface area contributed by atoms with E-state index in [4.69, 9.17) is 4.74 Å². The molecule has 148 valence electrons. The van der Waals surface area contributed by atoms with Crippen LogP contribution in [-0.4, -0.2) is 37.0 Å². The van der Waals surface area contributed by atoms with Gasteiger partial charge in [-0.1, -0.05) is 62.4 Å². The van der Waals surface area contributed by atoms with E-state index in [1.165, 1.54) is 0 Å². The summed E-state index contributed by atoms with van der Waals surface area (Å²) in [6, 6.07) is 17.6. The average Bonchev–Trinajstić information content (AvgIpc) is 2.71.